The minimum atomic E-state index is -0.553. The molecule has 5 rings (SSSR count). The van der Waals surface area contributed by atoms with E-state index in [0.29, 0.717) is 27.2 Å². The zero-order chi connectivity index (χ0) is 23.8. The van der Waals surface area contributed by atoms with Gasteiger partial charge in [-0.15, -0.1) is 0 Å². The highest BCUT2D eigenvalue weighted by atomic mass is 32.1. The van der Waals surface area contributed by atoms with E-state index in [1.807, 2.05) is 49.4 Å². The van der Waals surface area contributed by atoms with Gasteiger partial charge in [-0.1, -0.05) is 23.5 Å². The van der Waals surface area contributed by atoms with E-state index in [4.69, 9.17) is 4.42 Å². The van der Waals surface area contributed by atoms with Crippen molar-refractivity contribution in [1.82, 2.24) is 15.0 Å². The van der Waals surface area contributed by atoms with Crippen LogP contribution in [0.4, 0.5) is 5.69 Å². The van der Waals surface area contributed by atoms with E-state index in [-0.39, 0.29) is 5.56 Å². The highest BCUT2D eigenvalue weighted by Crippen LogP contribution is 2.30. The van der Waals surface area contributed by atoms with Crippen molar-refractivity contribution in [3.05, 3.63) is 69.0 Å². The molecule has 0 fully saturated rings. The van der Waals surface area contributed by atoms with Crippen molar-refractivity contribution in [2.75, 3.05) is 18.0 Å². The smallest absolute Gasteiger partial charge is 0.344 e. The van der Waals surface area contributed by atoms with Gasteiger partial charge in [0.2, 0.25) is 0 Å². The molecule has 0 radical (unpaired) electrons. The van der Waals surface area contributed by atoms with Gasteiger partial charge >= 0.3 is 5.63 Å². The molecule has 0 saturated heterocycles. The standard InChI is InChI=1S/C26H21N5O2S/c1-4-31(5-2)16-10-11-17-19(14-27)18(26(32)33-22(17)13-16)12-15(3)24-30-23-25(34-24)29-21-9-7-6-8-20(21)28-23/h6-13H,4-5H2,1-3H3/b15-12+. The molecule has 0 aliphatic rings. The van der Waals surface area contributed by atoms with Crippen LogP contribution in [0.15, 0.2) is 51.7 Å². The summed E-state index contributed by atoms with van der Waals surface area (Å²) >= 11 is 1.40. The molecule has 5 aromatic rings. The van der Waals surface area contributed by atoms with Crippen LogP contribution in [0, 0.1) is 11.3 Å². The second kappa shape index (κ2) is 8.69. The Morgan fingerprint density at radius 2 is 1.85 bits per heavy atom. The van der Waals surface area contributed by atoms with E-state index in [9.17, 15) is 10.1 Å². The first-order valence-electron chi connectivity index (χ1n) is 11.0. The number of hydrogen-bond acceptors (Lipinski definition) is 8. The normalized spacial score (nSPS) is 11.9. The third-order valence-electron chi connectivity index (χ3n) is 5.79. The van der Waals surface area contributed by atoms with Crippen molar-refractivity contribution in [2.24, 2.45) is 0 Å². The first-order valence-corrected chi connectivity index (χ1v) is 11.8. The second-order valence-corrected chi connectivity index (χ2v) is 8.81. The summed E-state index contributed by atoms with van der Waals surface area (Å²) in [6.07, 6.45) is 1.67. The molecule has 0 aliphatic carbocycles. The summed E-state index contributed by atoms with van der Waals surface area (Å²) in [5.41, 5.74) is 4.18. The molecular weight excluding hydrogens is 446 g/mol. The first kappa shape index (κ1) is 21.7. The van der Waals surface area contributed by atoms with E-state index in [1.54, 1.807) is 6.08 Å². The fourth-order valence-electron chi connectivity index (χ4n) is 4.01. The molecule has 8 heteroatoms. The number of aromatic nitrogens is 3. The second-order valence-electron chi connectivity index (χ2n) is 7.83. The predicted molar refractivity (Wildman–Crippen MR) is 137 cm³/mol. The van der Waals surface area contributed by atoms with Crippen molar-refractivity contribution in [2.45, 2.75) is 20.8 Å². The van der Waals surface area contributed by atoms with Crippen LogP contribution in [0.5, 0.6) is 0 Å². The number of anilines is 1. The molecule has 0 atom stereocenters. The highest BCUT2D eigenvalue weighted by Gasteiger charge is 2.16. The van der Waals surface area contributed by atoms with Crippen LogP contribution in [0.1, 0.15) is 36.9 Å². The SMILES string of the molecule is CCN(CC)c1ccc2c(C#N)c(/C=C(\C)c3nc4nc5ccccc5nc4s3)c(=O)oc2c1. The number of nitrogens with zero attached hydrogens (tertiary/aromatic N) is 5. The molecule has 0 aliphatic heterocycles. The van der Waals surface area contributed by atoms with E-state index < -0.39 is 5.63 Å². The topological polar surface area (TPSA) is 95.9 Å². The Hall–Kier alpha value is -4.09. The first-order chi connectivity index (χ1) is 16.5. The summed E-state index contributed by atoms with van der Waals surface area (Å²) in [6, 6.07) is 15.5. The van der Waals surface area contributed by atoms with Crippen molar-refractivity contribution in [3.63, 3.8) is 0 Å². The van der Waals surface area contributed by atoms with Gasteiger partial charge in [-0.25, -0.2) is 19.7 Å². The molecule has 34 heavy (non-hydrogen) atoms. The molecule has 0 unspecified atom stereocenters. The average molecular weight is 468 g/mol. The lowest BCUT2D eigenvalue weighted by atomic mass is 10.0. The predicted octanol–water partition coefficient (Wildman–Crippen LogP) is 5.62. The number of rotatable bonds is 5. The van der Waals surface area contributed by atoms with Gasteiger partial charge in [0.05, 0.1) is 22.2 Å². The van der Waals surface area contributed by atoms with Crippen LogP contribution in [-0.2, 0) is 0 Å². The van der Waals surface area contributed by atoms with E-state index in [2.05, 4.69) is 39.8 Å². The molecule has 168 valence electrons. The molecule has 2 aromatic carbocycles. The Balaban J connectivity index is 1.62. The lowest BCUT2D eigenvalue weighted by molar-refractivity contribution is 0.558. The Morgan fingerprint density at radius 1 is 1.12 bits per heavy atom. The number of thiazole rings is 1. The molecule has 3 aromatic heterocycles. The van der Waals surface area contributed by atoms with Gasteiger partial charge in [-0.05, 0) is 56.7 Å². The zero-order valence-corrected chi connectivity index (χ0v) is 19.8. The van der Waals surface area contributed by atoms with Crippen LogP contribution in [0.25, 0.3) is 44.1 Å². The largest absolute Gasteiger partial charge is 0.422 e. The highest BCUT2D eigenvalue weighted by molar-refractivity contribution is 7.19. The molecule has 3 heterocycles. The maximum Gasteiger partial charge on any atom is 0.344 e. The summed E-state index contributed by atoms with van der Waals surface area (Å²) < 4.78 is 5.64. The number of allylic oxidation sites excluding steroid dienone is 1. The fourth-order valence-corrected chi connectivity index (χ4v) is 4.88. The van der Waals surface area contributed by atoms with Crippen molar-refractivity contribution >= 4 is 61.2 Å². The van der Waals surface area contributed by atoms with Crippen LogP contribution >= 0.6 is 11.3 Å². The summed E-state index contributed by atoms with van der Waals surface area (Å²) in [6.45, 7) is 7.65. The maximum atomic E-state index is 12.9. The van der Waals surface area contributed by atoms with Crippen molar-refractivity contribution in [1.29, 1.82) is 5.26 Å². The summed E-state index contributed by atoms with van der Waals surface area (Å²) in [5, 5.41) is 11.2. The third-order valence-corrected chi connectivity index (χ3v) is 6.86. The molecule has 7 nitrogen and oxygen atoms in total. The number of benzene rings is 2. The Labute approximate surface area is 199 Å². The molecular formula is C26H21N5O2S. The quantitative estimate of drug-likeness (QED) is 0.309. The minimum absolute atomic E-state index is 0.216. The summed E-state index contributed by atoms with van der Waals surface area (Å²) in [7, 11) is 0. The van der Waals surface area contributed by atoms with E-state index >= 15 is 0 Å². The van der Waals surface area contributed by atoms with Crippen LogP contribution in [0.3, 0.4) is 0 Å². The number of para-hydroxylation sites is 2. The van der Waals surface area contributed by atoms with Gasteiger partial charge in [0.25, 0.3) is 0 Å². The van der Waals surface area contributed by atoms with Gasteiger partial charge < -0.3 is 9.32 Å². The monoisotopic (exact) mass is 467 g/mol. The van der Waals surface area contributed by atoms with E-state index in [0.717, 1.165) is 40.2 Å². The van der Waals surface area contributed by atoms with Gasteiger partial charge in [0.15, 0.2) is 10.5 Å². The summed E-state index contributed by atoms with van der Waals surface area (Å²) in [4.78, 5) is 29.6. The van der Waals surface area contributed by atoms with Crippen LogP contribution in [-0.4, -0.2) is 28.0 Å². The van der Waals surface area contributed by atoms with Crippen molar-refractivity contribution in [3.8, 4) is 6.07 Å². The van der Waals surface area contributed by atoms with Gasteiger partial charge in [-0.2, -0.15) is 5.26 Å². The molecule has 0 spiro atoms. The molecule has 0 amide bonds. The molecule has 0 saturated carbocycles. The lowest BCUT2D eigenvalue weighted by Gasteiger charge is -2.21. The van der Waals surface area contributed by atoms with Gasteiger partial charge in [0.1, 0.15) is 16.7 Å². The van der Waals surface area contributed by atoms with Crippen molar-refractivity contribution < 1.29 is 4.42 Å². The fraction of sp³-hybridized carbons (Fsp3) is 0.192. The Bertz CT molecular complexity index is 1640. The van der Waals surface area contributed by atoms with Gasteiger partial charge in [0, 0.05) is 30.2 Å². The molecule has 0 N–H and O–H groups in total. The number of fused-ring (bicyclic) bond motifs is 3. The number of hydrogen-bond donors (Lipinski definition) is 0. The van der Waals surface area contributed by atoms with E-state index in [1.165, 1.54) is 11.3 Å². The Kier molecular flexibility index (Phi) is 5.56. The molecule has 0 bridgehead atoms. The number of nitriles is 1. The average Bonchev–Trinajstić information content (AvgIpc) is 3.26. The van der Waals surface area contributed by atoms with Crippen LogP contribution < -0.4 is 10.5 Å². The van der Waals surface area contributed by atoms with Crippen LogP contribution in [0.2, 0.25) is 0 Å². The Morgan fingerprint density at radius 3 is 2.56 bits per heavy atom. The van der Waals surface area contributed by atoms with Gasteiger partial charge in [-0.3, -0.25) is 0 Å². The third kappa shape index (κ3) is 3.70. The maximum absolute atomic E-state index is 12.9. The lowest BCUT2D eigenvalue weighted by Crippen LogP contribution is -2.21. The minimum Gasteiger partial charge on any atom is -0.422 e. The summed E-state index contributed by atoms with van der Waals surface area (Å²) in [5.74, 6) is 0. The zero-order valence-electron chi connectivity index (χ0n) is 19.0.